The van der Waals surface area contributed by atoms with Gasteiger partial charge in [-0.25, -0.2) is 0 Å². The molecular formula is C17H27NO. The lowest BCUT2D eigenvalue weighted by atomic mass is 9.63. The van der Waals surface area contributed by atoms with E-state index in [0.717, 1.165) is 19.8 Å². The molecule has 1 aliphatic rings. The molecular weight excluding hydrogens is 234 g/mol. The SMILES string of the molecule is CNCC(C(C)C)C1(c2cc(C)ccc2C)COC1. The van der Waals surface area contributed by atoms with Crippen molar-refractivity contribution in [2.45, 2.75) is 33.1 Å². The average Bonchev–Trinajstić information content (AvgIpc) is 2.31. The van der Waals surface area contributed by atoms with Crippen molar-refractivity contribution in [1.82, 2.24) is 5.32 Å². The Morgan fingerprint density at radius 1 is 1.26 bits per heavy atom. The van der Waals surface area contributed by atoms with Gasteiger partial charge in [-0.3, -0.25) is 0 Å². The highest BCUT2D eigenvalue weighted by molar-refractivity contribution is 5.39. The number of hydrogen-bond donors (Lipinski definition) is 1. The monoisotopic (exact) mass is 261 g/mol. The highest BCUT2D eigenvalue weighted by Gasteiger charge is 2.48. The Balaban J connectivity index is 2.43. The maximum Gasteiger partial charge on any atom is 0.0589 e. The van der Waals surface area contributed by atoms with Gasteiger partial charge >= 0.3 is 0 Å². The van der Waals surface area contributed by atoms with Crippen LogP contribution in [0.2, 0.25) is 0 Å². The van der Waals surface area contributed by atoms with Gasteiger partial charge in [-0.2, -0.15) is 0 Å². The summed E-state index contributed by atoms with van der Waals surface area (Å²) in [6, 6.07) is 6.82. The summed E-state index contributed by atoms with van der Waals surface area (Å²) in [5.41, 5.74) is 4.44. The molecule has 1 atom stereocenters. The van der Waals surface area contributed by atoms with E-state index >= 15 is 0 Å². The molecule has 1 unspecified atom stereocenters. The predicted octanol–water partition coefficient (Wildman–Crippen LogP) is 3.06. The fourth-order valence-corrected chi connectivity index (χ4v) is 3.45. The van der Waals surface area contributed by atoms with Crippen LogP contribution >= 0.6 is 0 Å². The number of benzene rings is 1. The second-order valence-electron chi connectivity index (χ2n) is 6.38. The van der Waals surface area contributed by atoms with Gasteiger partial charge in [-0.1, -0.05) is 37.6 Å². The van der Waals surface area contributed by atoms with Gasteiger partial charge in [0.05, 0.1) is 13.2 Å². The topological polar surface area (TPSA) is 21.3 Å². The fraction of sp³-hybridized carbons (Fsp3) is 0.647. The third kappa shape index (κ3) is 2.56. The molecule has 19 heavy (non-hydrogen) atoms. The van der Waals surface area contributed by atoms with Gasteiger partial charge < -0.3 is 10.1 Å². The third-order valence-corrected chi connectivity index (χ3v) is 4.59. The van der Waals surface area contributed by atoms with Crippen molar-refractivity contribution in [3.63, 3.8) is 0 Å². The van der Waals surface area contributed by atoms with E-state index in [9.17, 15) is 0 Å². The highest BCUT2D eigenvalue weighted by Crippen LogP contribution is 2.44. The maximum absolute atomic E-state index is 5.64. The first-order chi connectivity index (χ1) is 9.01. The molecule has 0 bridgehead atoms. The maximum atomic E-state index is 5.64. The molecule has 0 spiro atoms. The minimum Gasteiger partial charge on any atom is -0.379 e. The van der Waals surface area contributed by atoms with Crippen LogP contribution in [0.5, 0.6) is 0 Å². The van der Waals surface area contributed by atoms with E-state index in [1.807, 2.05) is 7.05 Å². The van der Waals surface area contributed by atoms with Gasteiger partial charge in [-0.05, 0) is 50.4 Å². The van der Waals surface area contributed by atoms with Crippen molar-refractivity contribution in [2.24, 2.45) is 11.8 Å². The van der Waals surface area contributed by atoms with E-state index in [1.165, 1.54) is 16.7 Å². The summed E-state index contributed by atoms with van der Waals surface area (Å²) in [6.07, 6.45) is 0. The number of rotatable bonds is 5. The Bertz CT molecular complexity index is 435. The van der Waals surface area contributed by atoms with Crippen molar-refractivity contribution in [1.29, 1.82) is 0 Å². The Hall–Kier alpha value is -0.860. The smallest absolute Gasteiger partial charge is 0.0589 e. The Kier molecular flexibility index (Phi) is 4.32. The van der Waals surface area contributed by atoms with Crippen LogP contribution in [0.4, 0.5) is 0 Å². The summed E-state index contributed by atoms with van der Waals surface area (Å²) in [5, 5.41) is 3.37. The highest BCUT2D eigenvalue weighted by atomic mass is 16.5. The van der Waals surface area contributed by atoms with E-state index in [-0.39, 0.29) is 5.41 Å². The number of hydrogen-bond acceptors (Lipinski definition) is 2. The molecule has 1 heterocycles. The standard InChI is InChI=1S/C17H27NO/c1-12(2)16(9-18-5)17(10-19-11-17)15-8-13(3)6-7-14(15)4/h6-8,12,16,18H,9-11H2,1-5H3. The molecule has 1 aliphatic heterocycles. The lowest BCUT2D eigenvalue weighted by Crippen LogP contribution is -2.56. The largest absolute Gasteiger partial charge is 0.379 e. The fourth-order valence-electron chi connectivity index (χ4n) is 3.45. The van der Waals surface area contributed by atoms with Crippen LogP contribution in [-0.2, 0) is 10.2 Å². The second-order valence-corrected chi connectivity index (χ2v) is 6.38. The summed E-state index contributed by atoms with van der Waals surface area (Å²) in [6.45, 7) is 11.8. The molecule has 0 aromatic heterocycles. The van der Waals surface area contributed by atoms with Gasteiger partial charge in [-0.15, -0.1) is 0 Å². The van der Waals surface area contributed by atoms with Crippen LogP contribution < -0.4 is 5.32 Å². The minimum atomic E-state index is 0.202. The van der Waals surface area contributed by atoms with Gasteiger partial charge in [0.2, 0.25) is 0 Å². The normalized spacial score (nSPS) is 19.3. The third-order valence-electron chi connectivity index (χ3n) is 4.59. The molecule has 2 heteroatoms. The zero-order valence-corrected chi connectivity index (χ0v) is 12.9. The predicted molar refractivity (Wildman–Crippen MR) is 80.7 cm³/mol. The summed E-state index contributed by atoms with van der Waals surface area (Å²) in [5.74, 6) is 1.27. The molecule has 0 amide bonds. The van der Waals surface area contributed by atoms with Crippen LogP contribution in [0.15, 0.2) is 18.2 Å². The summed E-state index contributed by atoms with van der Waals surface area (Å²) < 4.78 is 5.64. The average molecular weight is 261 g/mol. The number of ether oxygens (including phenoxy) is 1. The van der Waals surface area contributed by atoms with Crippen LogP contribution in [0.3, 0.4) is 0 Å². The Morgan fingerprint density at radius 3 is 2.42 bits per heavy atom. The van der Waals surface area contributed by atoms with Crippen molar-refractivity contribution in [3.05, 3.63) is 34.9 Å². The Morgan fingerprint density at radius 2 is 1.95 bits per heavy atom. The van der Waals surface area contributed by atoms with Crippen molar-refractivity contribution < 1.29 is 4.74 Å². The van der Waals surface area contributed by atoms with E-state index < -0.39 is 0 Å². The van der Waals surface area contributed by atoms with Crippen molar-refractivity contribution >= 4 is 0 Å². The first-order valence-corrected chi connectivity index (χ1v) is 7.31. The number of aryl methyl sites for hydroxylation is 2. The van der Waals surface area contributed by atoms with Crippen LogP contribution in [0, 0.1) is 25.7 Å². The van der Waals surface area contributed by atoms with Crippen LogP contribution in [-0.4, -0.2) is 26.8 Å². The molecule has 1 fully saturated rings. The van der Waals surface area contributed by atoms with Crippen LogP contribution in [0.25, 0.3) is 0 Å². The first-order valence-electron chi connectivity index (χ1n) is 7.31. The quantitative estimate of drug-likeness (QED) is 0.879. The lowest BCUT2D eigenvalue weighted by Gasteiger charge is -2.50. The zero-order valence-electron chi connectivity index (χ0n) is 12.9. The minimum absolute atomic E-state index is 0.202. The van der Waals surface area contributed by atoms with E-state index in [4.69, 9.17) is 4.74 Å². The summed E-state index contributed by atoms with van der Waals surface area (Å²) in [4.78, 5) is 0. The lowest BCUT2D eigenvalue weighted by molar-refractivity contribution is -0.0998. The molecule has 0 radical (unpaired) electrons. The molecule has 2 rings (SSSR count). The Labute approximate surface area is 117 Å². The molecule has 2 nitrogen and oxygen atoms in total. The van der Waals surface area contributed by atoms with Gasteiger partial charge in [0.15, 0.2) is 0 Å². The second kappa shape index (κ2) is 5.64. The summed E-state index contributed by atoms with van der Waals surface area (Å²) >= 11 is 0. The van der Waals surface area contributed by atoms with Crippen molar-refractivity contribution in [3.8, 4) is 0 Å². The molecule has 1 aromatic rings. The van der Waals surface area contributed by atoms with E-state index in [1.54, 1.807) is 0 Å². The molecule has 106 valence electrons. The summed E-state index contributed by atoms with van der Waals surface area (Å²) in [7, 11) is 2.05. The van der Waals surface area contributed by atoms with Crippen LogP contribution in [0.1, 0.15) is 30.5 Å². The number of nitrogens with one attached hydrogen (secondary N) is 1. The molecule has 0 saturated carbocycles. The first kappa shape index (κ1) is 14.5. The molecule has 1 N–H and O–H groups in total. The van der Waals surface area contributed by atoms with Gasteiger partial charge in [0.1, 0.15) is 0 Å². The molecule has 1 aromatic carbocycles. The van der Waals surface area contributed by atoms with E-state index in [2.05, 4.69) is 51.2 Å². The van der Waals surface area contributed by atoms with Gasteiger partial charge in [0.25, 0.3) is 0 Å². The molecule has 1 saturated heterocycles. The van der Waals surface area contributed by atoms with Crippen molar-refractivity contribution in [2.75, 3.05) is 26.8 Å². The van der Waals surface area contributed by atoms with Gasteiger partial charge in [0, 0.05) is 5.41 Å². The molecule has 0 aliphatic carbocycles. The van der Waals surface area contributed by atoms with E-state index in [0.29, 0.717) is 11.8 Å². The zero-order chi connectivity index (χ0) is 14.0.